The van der Waals surface area contributed by atoms with Crippen molar-refractivity contribution in [3.63, 3.8) is 0 Å². The molecule has 0 aliphatic carbocycles. The highest BCUT2D eigenvalue weighted by Gasteiger charge is 2.61. The Balaban J connectivity index is 1.98. The van der Waals surface area contributed by atoms with Gasteiger partial charge < -0.3 is 25.2 Å². The third-order valence-corrected chi connectivity index (χ3v) is 6.67. The zero-order chi connectivity index (χ0) is 26.3. The number of nitrogens with two attached hydrogens (primary N) is 1. The van der Waals surface area contributed by atoms with E-state index in [2.05, 4.69) is 0 Å². The molecule has 10 nitrogen and oxygen atoms in total. The predicted molar refractivity (Wildman–Crippen MR) is 131 cm³/mol. The van der Waals surface area contributed by atoms with Crippen LogP contribution in [0.3, 0.4) is 0 Å². The maximum Gasteiger partial charge on any atom is 0.340 e. The number of hydrogen-bond donors (Lipinski definition) is 2. The highest BCUT2D eigenvalue weighted by atomic mass is 32.2. The summed E-state index contributed by atoms with van der Waals surface area (Å²) in [6.45, 7) is 9.87. The second-order valence-electron chi connectivity index (χ2n) is 10.4. The summed E-state index contributed by atoms with van der Waals surface area (Å²) in [7, 11) is 0. The van der Waals surface area contributed by atoms with E-state index >= 15 is 0 Å². The van der Waals surface area contributed by atoms with E-state index in [0.29, 0.717) is 0 Å². The number of carbonyl (C=O) groups excluding carboxylic acids is 4. The number of hydrogen-bond acceptors (Lipinski definition) is 9. The minimum absolute atomic E-state index is 0.111. The maximum atomic E-state index is 13.4. The van der Waals surface area contributed by atoms with Crippen LogP contribution in [0.25, 0.3) is 0 Å². The van der Waals surface area contributed by atoms with Gasteiger partial charge in [-0.25, -0.2) is 9.59 Å². The van der Waals surface area contributed by atoms with Crippen molar-refractivity contribution in [3.05, 3.63) is 29.8 Å². The first-order valence-corrected chi connectivity index (χ1v) is 12.4. The van der Waals surface area contributed by atoms with Gasteiger partial charge in [0, 0.05) is 5.75 Å². The number of para-hydroxylation sites is 1. The molecule has 192 valence electrons. The van der Waals surface area contributed by atoms with Crippen LogP contribution in [-0.4, -0.2) is 80.8 Å². The number of rotatable bonds is 5. The molecule has 3 N–H and O–H groups in total. The number of amides is 2. The van der Waals surface area contributed by atoms with Gasteiger partial charge in [-0.2, -0.15) is 0 Å². The summed E-state index contributed by atoms with van der Waals surface area (Å²) >= 11 is 1.24. The molecule has 2 saturated heterocycles. The molecule has 4 atom stereocenters. The smallest absolute Gasteiger partial charge is 0.340 e. The predicted octanol–water partition coefficient (Wildman–Crippen LogP) is 1.29. The van der Waals surface area contributed by atoms with Crippen molar-refractivity contribution in [2.24, 2.45) is 5.73 Å². The van der Waals surface area contributed by atoms with Gasteiger partial charge in [-0.1, -0.05) is 12.1 Å². The van der Waals surface area contributed by atoms with Crippen molar-refractivity contribution < 1.29 is 33.8 Å². The van der Waals surface area contributed by atoms with E-state index in [9.17, 15) is 24.3 Å². The van der Waals surface area contributed by atoms with Crippen LogP contribution in [0, 0.1) is 0 Å². The average molecular weight is 508 g/mol. The van der Waals surface area contributed by atoms with Crippen LogP contribution >= 0.6 is 11.8 Å². The molecule has 1 aromatic carbocycles. The fraction of sp³-hybridized carbons (Fsp3) is 0.583. The normalized spacial score (nSPS) is 24.2. The molecule has 2 fully saturated rings. The van der Waals surface area contributed by atoms with Crippen LogP contribution in [-0.2, 0) is 23.9 Å². The Morgan fingerprint density at radius 1 is 1.11 bits per heavy atom. The molecule has 2 unspecified atom stereocenters. The van der Waals surface area contributed by atoms with Crippen molar-refractivity contribution in [2.75, 3.05) is 17.2 Å². The van der Waals surface area contributed by atoms with E-state index in [1.165, 1.54) is 27.6 Å². The van der Waals surface area contributed by atoms with Crippen LogP contribution in [0.15, 0.2) is 24.3 Å². The van der Waals surface area contributed by atoms with Crippen molar-refractivity contribution in [3.8, 4) is 0 Å². The Morgan fingerprint density at radius 3 is 2.29 bits per heavy atom. The highest BCUT2D eigenvalue weighted by Crippen LogP contribution is 2.43. The number of thioether (sulfide) groups is 1. The number of esters is 2. The molecule has 3 rings (SSSR count). The first-order chi connectivity index (χ1) is 16.2. The lowest BCUT2D eigenvalue weighted by atomic mass is 9.96. The Labute approximate surface area is 209 Å². The quantitative estimate of drug-likeness (QED) is 0.446. The first kappa shape index (κ1) is 27.0. The van der Waals surface area contributed by atoms with Crippen molar-refractivity contribution in [1.29, 1.82) is 0 Å². The zero-order valence-electron chi connectivity index (χ0n) is 20.8. The van der Waals surface area contributed by atoms with Crippen LogP contribution in [0.4, 0.5) is 5.69 Å². The third kappa shape index (κ3) is 5.62. The molecule has 2 heterocycles. The van der Waals surface area contributed by atoms with Crippen molar-refractivity contribution >= 4 is 41.2 Å². The SMILES string of the molecule is CC(C)(C)OC(=O)c1ccccc1N(C(=O)CN)[C@@H]1C(=O)N2C(C(=O)OC(C)(C)C)C(O)CS[C@@H]12. The number of benzene rings is 1. The molecule has 0 bridgehead atoms. The molecule has 0 saturated carbocycles. The molecule has 0 spiro atoms. The number of β-lactam (4-membered cyclic amide) rings is 1. The van der Waals surface area contributed by atoms with Gasteiger partial charge in [0.15, 0.2) is 6.04 Å². The zero-order valence-corrected chi connectivity index (χ0v) is 21.6. The number of ether oxygens (including phenoxy) is 2. The molecule has 2 aliphatic rings. The van der Waals surface area contributed by atoms with Gasteiger partial charge >= 0.3 is 11.9 Å². The van der Waals surface area contributed by atoms with Gasteiger partial charge in [-0.15, -0.1) is 11.8 Å². The molecule has 1 aromatic rings. The Morgan fingerprint density at radius 2 is 1.71 bits per heavy atom. The van der Waals surface area contributed by atoms with Crippen molar-refractivity contribution in [2.45, 2.75) is 76.3 Å². The number of anilines is 1. The van der Waals surface area contributed by atoms with E-state index in [4.69, 9.17) is 15.2 Å². The second-order valence-corrected chi connectivity index (χ2v) is 11.6. The largest absolute Gasteiger partial charge is 0.458 e. The summed E-state index contributed by atoms with van der Waals surface area (Å²) in [5.74, 6) is -2.32. The van der Waals surface area contributed by atoms with Gasteiger partial charge in [-0.05, 0) is 53.7 Å². The Kier molecular flexibility index (Phi) is 7.54. The lowest BCUT2D eigenvalue weighted by Crippen LogP contribution is -2.78. The maximum absolute atomic E-state index is 13.4. The fourth-order valence-electron chi connectivity index (χ4n) is 4.01. The summed E-state index contributed by atoms with van der Waals surface area (Å²) in [5, 5.41) is 9.89. The molecule has 0 radical (unpaired) electrons. The summed E-state index contributed by atoms with van der Waals surface area (Å²) in [6, 6.07) is 4.13. The number of aliphatic hydroxyl groups excluding tert-OH is 1. The lowest BCUT2D eigenvalue weighted by molar-refractivity contribution is -0.177. The lowest BCUT2D eigenvalue weighted by Gasteiger charge is -2.56. The Hall–Kier alpha value is -2.63. The molecular weight excluding hydrogens is 474 g/mol. The summed E-state index contributed by atoms with van der Waals surface area (Å²) < 4.78 is 10.9. The van der Waals surface area contributed by atoms with E-state index in [1.54, 1.807) is 59.7 Å². The number of aliphatic hydroxyl groups is 1. The molecular formula is C24H33N3O7S. The first-order valence-electron chi connectivity index (χ1n) is 11.4. The van der Waals surface area contributed by atoms with Crippen LogP contribution in [0.2, 0.25) is 0 Å². The molecule has 11 heteroatoms. The second kappa shape index (κ2) is 9.79. The van der Waals surface area contributed by atoms with Gasteiger partial charge in [0.2, 0.25) is 5.91 Å². The topological polar surface area (TPSA) is 139 Å². The number of carbonyl (C=O) groups is 4. The molecule has 2 aliphatic heterocycles. The van der Waals surface area contributed by atoms with Crippen LogP contribution in [0.1, 0.15) is 51.9 Å². The van der Waals surface area contributed by atoms with E-state index < -0.39 is 65.1 Å². The highest BCUT2D eigenvalue weighted by molar-refractivity contribution is 8.00. The minimum Gasteiger partial charge on any atom is -0.458 e. The summed E-state index contributed by atoms with van der Waals surface area (Å²) in [5.41, 5.74) is 4.40. The van der Waals surface area contributed by atoms with E-state index in [0.717, 1.165) is 0 Å². The summed E-state index contributed by atoms with van der Waals surface area (Å²) in [6.07, 6.45) is -1.12. The van der Waals surface area contributed by atoms with Crippen LogP contribution in [0.5, 0.6) is 0 Å². The van der Waals surface area contributed by atoms with Crippen molar-refractivity contribution in [1.82, 2.24) is 4.90 Å². The van der Waals surface area contributed by atoms with E-state index in [-0.39, 0.29) is 17.0 Å². The summed E-state index contributed by atoms with van der Waals surface area (Å²) in [4.78, 5) is 54.6. The number of nitrogens with zero attached hydrogens (tertiary/aromatic N) is 2. The van der Waals surface area contributed by atoms with E-state index in [1.807, 2.05) is 0 Å². The van der Waals surface area contributed by atoms with Gasteiger partial charge in [0.05, 0.1) is 23.9 Å². The molecule has 0 aromatic heterocycles. The molecule has 2 amide bonds. The number of fused-ring (bicyclic) bond motifs is 1. The van der Waals surface area contributed by atoms with Gasteiger partial charge in [-0.3, -0.25) is 14.5 Å². The molecule has 35 heavy (non-hydrogen) atoms. The third-order valence-electron chi connectivity index (χ3n) is 5.31. The average Bonchev–Trinajstić information content (AvgIpc) is 2.74. The van der Waals surface area contributed by atoms with Gasteiger partial charge in [0.25, 0.3) is 5.91 Å². The minimum atomic E-state index is -1.19. The standard InChI is InChI=1S/C24H33N3O7S/c1-23(2,3)33-21(31)13-9-7-8-10-14(13)26(16(29)11-25)18-19(30)27-17(15(28)12-35-20(18)27)22(32)34-24(4,5)6/h7-10,15,17-18,20,28H,11-12,25H2,1-6H3/t15?,17?,18-,20+/m1/s1. The van der Waals surface area contributed by atoms with Crippen LogP contribution < -0.4 is 10.6 Å². The Bertz CT molecular complexity index is 1020. The fourth-order valence-corrected chi connectivity index (χ4v) is 5.40. The monoisotopic (exact) mass is 507 g/mol. The van der Waals surface area contributed by atoms with Gasteiger partial charge in [0.1, 0.15) is 22.6 Å².